The predicted octanol–water partition coefficient (Wildman–Crippen LogP) is 3.93. The molecule has 8 heteroatoms. The van der Waals surface area contributed by atoms with Crippen molar-refractivity contribution in [2.24, 2.45) is 0 Å². The van der Waals surface area contributed by atoms with Gasteiger partial charge in [0, 0.05) is 16.8 Å². The summed E-state index contributed by atoms with van der Waals surface area (Å²) < 4.78 is 6.42. The third-order valence-corrected chi connectivity index (χ3v) is 5.07. The van der Waals surface area contributed by atoms with Gasteiger partial charge >= 0.3 is 0 Å². The molecular weight excluding hydrogens is 398 g/mol. The van der Waals surface area contributed by atoms with Gasteiger partial charge in [-0.05, 0) is 55.0 Å². The third-order valence-electron chi connectivity index (χ3n) is 3.92. The fourth-order valence-electron chi connectivity index (χ4n) is 2.43. The molecule has 144 valence electrons. The zero-order valence-corrected chi connectivity index (χ0v) is 16.9. The average molecular weight is 416 g/mol. The molecular formula is C20H18ClN3O3S. The SMILES string of the molecule is COc1ccc(-n2nc(SCC(=O)Nc3cc(Cl)ccc3C)ccc2=O)cc1. The number of benzene rings is 2. The summed E-state index contributed by atoms with van der Waals surface area (Å²) in [7, 11) is 1.58. The molecule has 0 unspecified atom stereocenters. The summed E-state index contributed by atoms with van der Waals surface area (Å²) in [5.74, 6) is 0.662. The fourth-order valence-corrected chi connectivity index (χ4v) is 3.26. The molecule has 0 saturated carbocycles. The van der Waals surface area contributed by atoms with Crippen LogP contribution in [0.3, 0.4) is 0 Å². The Bertz CT molecular complexity index is 1050. The molecule has 3 rings (SSSR count). The van der Waals surface area contributed by atoms with Crippen molar-refractivity contribution in [3.05, 3.63) is 75.5 Å². The highest BCUT2D eigenvalue weighted by Gasteiger charge is 2.09. The average Bonchev–Trinajstić information content (AvgIpc) is 2.70. The molecule has 0 aliphatic carbocycles. The summed E-state index contributed by atoms with van der Waals surface area (Å²) in [6, 6.07) is 15.4. The minimum atomic E-state index is -0.256. The van der Waals surface area contributed by atoms with Crippen molar-refractivity contribution >= 4 is 35.0 Å². The van der Waals surface area contributed by atoms with E-state index < -0.39 is 0 Å². The monoisotopic (exact) mass is 415 g/mol. The number of thioether (sulfide) groups is 1. The summed E-state index contributed by atoms with van der Waals surface area (Å²) in [4.78, 5) is 24.4. The van der Waals surface area contributed by atoms with Crippen LogP contribution in [0.25, 0.3) is 5.69 Å². The number of aryl methyl sites for hydroxylation is 1. The van der Waals surface area contributed by atoms with Gasteiger partial charge in [-0.3, -0.25) is 9.59 Å². The van der Waals surface area contributed by atoms with Crippen LogP contribution >= 0.6 is 23.4 Å². The second kappa shape index (κ2) is 8.95. The predicted molar refractivity (Wildman–Crippen MR) is 112 cm³/mol. The Hall–Kier alpha value is -2.77. The molecule has 3 aromatic rings. The maximum atomic E-state index is 12.3. The van der Waals surface area contributed by atoms with E-state index >= 15 is 0 Å². The van der Waals surface area contributed by atoms with Crippen molar-refractivity contribution in [2.45, 2.75) is 11.9 Å². The van der Waals surface area contributed by atoms with Crippen molar-refractivity contribution in [1.82, 2.24) is 9.78 Å². The van der Waals surface area contributed by atoms with Crippen molar-refractivity contribution in [3.8, 4) is 11.4 Å². The van der Waals surface area contributed by atoms with E-state index in [2.05, 4.69) is 10.4 Å². The number of rotatable bonds is 6. The number of carbonyl (C=O) groups excluding carboxylic acids is 1. The molecule has 28 heavy (non-hydrogen) atoms. The lowest BCUT2D eigenvalue weighted by molar-refractivity contribution is -0.113. The highest BCUT2D eigenvalue weighted by atomic mass is 35.5. The number of carbonyl (C=O) groups is 1. The first-order valence-electron chi connectivity index (χ1n) is 8.40. The molecule has 0 radical (unpaired) electrons. The number of aromatic nitrogens is 2. The first-order chi connectivity index (χ1) is 13.5. The maximum Gasteiger partial charge on any atom is 0.271 e. The number of hydrogen-bond acceptors (Lipinski definition) is 5. The Morgan fingerprint density at radius 3 is 2.64 bits per heavy atom. The second-order valence-electron chi connectivity index (χ2n) is 5.92. The van der Waals surface area contributed by atoms with Crippen molar-refractivity contribution < 1.29 is 9.53 Å². The molecule has 0 atom stereocenters. The van der Waals surface area contributed by atoms with E-state index in [1.807, 2.05) is 13.0 Å². The van der Waals surface area contributed by atoms with E-state index in [1.165, 1.54) is 22.5 Å². The van der Waals surface area contributed by atoms with Gasteiger partial charge in [0.25, 0.3) is 5.56 Å². The standard InChI is InChI=1S/C20H18ClN3O3S/c1-13-3-4-14(21)11-17(13)22-18(25)12-28-19-9-10-20(26)24(23-19)15-5-7-16(27-2)8-6-15/h3-11H,12H2,1-2H3,(H,22,25). The van der Waals surface area contributed by atoms with Crippen molar-refractivity contribution in [2.75, 3.05) is 18.2 Å². The molecule has 0 fully saturated rings. The van der Waals surface area contributed by atoms with E-state index in [0.717, 1.165) is 5.56 Å². The van der Waals surface area contributed by atoms with Crippen LogP contribution in [0.4, 0.5) is 5.69 Å². The zero-order valence-electron chi connectivity index (χ0n) is 15.3. The number of nitrogens with zero attached hydrogens (tertiary/aromatic N) is 2. The molecule has 0 aliphatic heterocycles. The normalized spacial score (nSPS) is 10.5. The van der Waals surface area contributed by atoms with E-state index in [9.17, 15) is 9.59 Å². The highest BCUT2D eigenvalue weighted by molar-refractivity contribution is 7.99. The summed E-state index contributed by atoms with van der Waals surface area (Å²) in [5, 5.41) is 8.29. The van der Waals surface area contributed by atoms with Gasteiger partial charge in [-0.15, -0.1) is 0 Å². The summed E-state index contributed by atoms with van der Waals surface area (Å²) in [6.07, 6.45) is 0. The lowest BCUT2D eigenvalue weighted by atomic mass is 10.2. The first-order valence-corrected chi connectivity index (χ1v) is 9.76. The number of ether oxygens (including phenoxy) is 1. The highest BCUT2D eigenvalue weighted by Crippen LogP contribution is 2.21. The molecule has 0 saturated heterocycles. The molecule has 0 bridgehead atoms. The van der Waals surface area contributed by atoms with Gasteiger partial charge in [0.2, 0.25) is 5.91 Å². The van der Waals surface area contributed by atoms with E-state index in [4.69, 9.17) is 16.3 Å². The number of hydrogen-bond donors (Lipinski definition) is 1. The van der Waals surface area contributed by atoms with Gasteiger partial charge in [0.05, 0.1) is 18.6 Å². The van der Waals surface area contributed by atoms with E-state index in [1.54, 1.807) is 49.6 Å². The van der Waals surface area contributed by atoms with Gasteiger partial charge < -0.3 is 10.1 Å². The number of anilines is 1. The molecule has 0 aliphatic rings. The molecule has 1 heterocycles. The van der Waals surface area contributed by atoms with E-state index in [0.29, 0.717) is 27.2 Å². The van der Waals surface area contributed by atoms with Gasteiger partial charge in [0.15, 0.2) is 0 Å². The molecule has 6 nitrogen and oxygen atoms in total. The van der Waals surface area contributed by atoms with Crippen LogP contribution in [-0.4, -0.2) is 28.6 Å². The Morgan fingerprint density at radius 2 is 1.93 bits per heavy atom. The van der Waals surface area contributed by atoms with Crippen LogP contribution in [0.5, 0.6) is 5.75 Å². The van der Waals surface area contributed by atoms with Gasteiger partial charge in [-0.2, -0.15) is 9.78 Å². The number of methoxy groups -OCH3 is 1. The Kier molecular flexibility index (Phi) is 6.38. The quantitative estimate of drug-likeness (QED) is 0.617. The molecule has 2 aromatic carbocycles. The smallest absolute Gasteiger partial charge is 0.271 e. The number of nitrogens with one attached hydrogen (secondary N) is 1. The molecule has 0 spiro atoms. The molecule has 1 aromatic heterocycles. The van der Waals surface area contributed by atoms with Crippen molar-refractivity contribution in [3.63, 3.8) is 0 Å². The Balaban J connectivity index is 1.70. The van der Waals surface area contributed by atoms with Crippen LogP contribution < -0.4 is 15.6 Å². The van der Waals surface area contributed by atoms with Crippen molar-refractivity contribution in [1.29, 1.82) is 0 Å². The van der Waals surface area contributed by atoms with Gasteiger partial charge in [-0.1, -0.05) is 29.4 Å². The summed E-state index contributed by atoms with van der Waals surface area (Å²) >= 11 is 7.22. The van der Waals surface area contributed by atoms with Gasteiger partial charge in [-0.25, -0.2) is 0 Å². The van der Waals surface area contributed by atoms with Crippen LogP contribution in [0.15, 0.2) is 64.4 Å². The topological polar surface area (TPSA) is 73.2 Å². The molecule has 1 amide bonds. The summed E-state index contributed by atoms with van der Waals surface area (Å²) in [5.41, 5.74) is 1.96. The lowest BCUT2D eigenvalue weighted by Gasteiger charge is -2.09. The van der Waals surface area contributed by atoms with Crippen LogP contribution in [-0.2, 0) is 4.79 Å². The maximum absolute atomic E-state index is 12.3. The largest absolute Gasteiger partial charge is 0.497 e. The Morgan fingerprint density at radius 1 is 1.18 bits per heavy atom. The fraction of sp³-hybridized carbons (Fsp3) is 0.150. The van der Waals surface area contributed by atoms with E-state index in [-0.39, 0.29) is 17.2 Å². The second-order valence-corrected chi connectivity index (χ2v) is 7.35. The first kappa shape index (κ1) is 20.0. The van der Waals surface area contributed by atoms with Crippen LogP contribution in [0.2, 0.25) is 5.02 Å². The lowest BCUT2D eigenvalue weighted by Crippen LogP contribution is -2.21. The Labute approximate surface area is 171 Å². The number of amides is 1. The minimum absolute atomic E-state index is 0.153. The zero-order chi connectivity index (χ0) is 20.1. The van der Waals surface area contributed by atoms with Gasteiger partial charge in [0.1, 0.15) is 10.8 Å². The molecule has 1 N–H and O–H groups in total. The van der Waals surface area contributed by atoms with Crippen LogP contribution in [0, 0.1) is 6.92 Å². The minimum Gasteiger partial charge on any atom is -0.497 e. The third kappa shape index (κ3) is 4.94. The number of halogens is 1. The summed E-state index contributed by atoms with van der Waals surface area (Å²) in [6.45, 7) is 1.89. The van der Waals surface area contributed by atoms with Crippen LogP contribution in [0.1, 0.15) is 5.56 Å².